The number of sulfonamides is 1. The lowest BCUT2D eigenvalue weighted by molar-refractivity contribution is 0.0600. The van der Waals surface area contributed by atoms with Gasteiger partial charge in [-0.15, -0.1) is 0 Å². The minimum atomic E-state index is -3.73. The molecule has 1 heterocycles. The highest BCUT2D eigenvalue weighted by Crippen LogP contribution is 2.11. The number of aromatic nitrogens is 2. The summed E-state index contributed by atoms with van der Waals surface area (Å²) in [7, 11) is -2.48. The minimum Gasteiger partial charge on any atom is -0.465 e. The Morgan fingerprint density at radius 3 is 2.52 bits per heavy atom. The molecule has 0 radical (unpaired) electrons. The first-order chi connectivity index (χ1) is 9.92. The van der Waals surface area contributed by atoms with Gasteiger partial charge in [-0.1, -0.05) is 5.16 Å². The van der Waals surface area contributed by atoms with Crippen molar-refractivity contribution >= 4 is 16.0 Å². The monoisotopic (exact) mass is 311 g/mol. The summed E-state index contributed by atoms with van der Waals surface area (Å²) in [5.41, 5.74) is 0.268. The first-order valence-corrected chi connectivity index (χ1v) is 7.38. The smallest absolute Gasteiger partial charge is 0.337 e. The molecule has 1 aromatic carbocycles. The molecule has 0 atom stereocenters. The van der Waals surface area contributed by atoms with Crippen LogP contribution in [0, 0.1) is 6.92 Å². The Morgan fingerprint density at radius 2 is 2.00 bits per heavy atom. The van der Waals surface area contributed by atoms with E-state index in [-0.39, 0.29) is 22.9 Å². The van der Waals surface area contributed by atoms with E-state index in [9.17, 15) is 13.2 Å². The molecular weight excluding hydrogens is 298 g/mol. The third kappa shape index (κ3) is 3.64. The van der Waals surface area contributed by atoms with Crippen LogP contribution in [0.3, 0.4) is 0 Å². The Morgan fingerprint density at radius 1 is 1.33 bits per heavy atom. The van der Waals surface area contributed by atoms with Crippen LogP contribution in [-0.4, -0.2) is 31.6 Å². The topological polar surface area (TPSA) is 111 Å². The van der Waals surface area contributed by atoms with Crippen molar-refractivity contribution in [1.82, 2.24) is 14.9 Å². The van der Waals surface area contributed by atoms with Gasteiger partial charge < -0.3 is 9.26 Å². The van der Waals surface area contributed by atoms with Crippen LogP contribution in [0.5, 0.6) is 0 Å². The lowest BCUT2D eigenvalue weighted by Gasteiger charge is -2.05. The number of aryl methyl sites for hydroxylation is 1. The highest BCUT2D eigenvalue weighted by molar-refractivity contribution is 7.89. The molecular formula is C12H13N3O5S. The van der Waals surface area contributed by atoms with E-state index in [1.54, 1.807) is 6.92 Å². The van der Waals surface area contributed by atoms with Crippen LogP contribution in [0.2, 0.25) is 0 Å². The van der Waals surface area contributed by atoms with Gasteiger partial charge in [0.15, 0.2) is 5.82 Å². The van der Waals surface area contributed by atoms with E-state index in [1.807, 2.05) is 0 Å². The zero-order valence-corrected chi connectivity index (χ0v) is 12.2. The van der Waals surface area contributed by atoms with Crippen molar-refractivity contribution in [3.05, 3.63) is 41.5 Å². The summed E-state index contributed by atoms with van der Waals surface area (Å²) >= 11 is 0. The molecule has 2 rings (SSSR count). The van der Waals surface area contributed by atoms with Gasteiger partial charge in [0, 0.05) is 0 Å². The Bertz CT molecular complexity index is 737. The van der Waals surface area contributed by atoms with Gasteiger partial charge >= 0.3 is 5.97 Å². The van der Waals surface area contributed by atoms with Crippen molar-refractivity contribution in [3.63, 3.8) is 0 Å². The first kappa shape index (κ1) is 15.1. The Kier molecular flexibility index (Phi) is 4.34. The summed E-state index contributed by atoms with van der Waals surface area (Å²) in [6.45, 7) is 1.52. The standard InChI is InChI=1S/C12H13N3O5S/c1-8-14-11(20-15-8)7-13-21(17,18)10-5-3-9(4-6-10)12(16)19-2/h3-6,13H,7H2,1-2H3. The summed E-state index contributed by atoms with van der Waals surface area (Å²) in [5.74, 6) is 0.0575. The van der Waals surface area contributed by atoms with Gasteiger partial charge in [0.2, 0.25) is 15.9 Å². The Labute approximate surface area is 121 Å². The maximum atomic E-state index is 12.0. The van der Waals surface area contributed by atoms with Gasteiger partial charge in [-0.3, -0.25) is 0 Å². The number of rotatable bonds is 5. The van der Waals surface area contributed by atoms with Gasteiger partial charge in [-0.2, -0.15) is 4.98 Å². The third-order valence-electron chi connectivity index (χ3n) is 2.57. The van der Waals surface area contributed by atoms with Gasteiger partial charge in [0.05, 0.1) is 24.1 Å². The summed E-state index contributed by atoms with van der Waals surface area (Å²) in [5, 5.41) is 3.56. The highest BCUT2D eigenvalue weighted by Gasteiger charge is 2.16. The average molecular weight is 311 g/mol. The predicted molar refractivity (Wildman–Crippen MR) is 70.8 cm³/mol. The zero-order valence-electron chi connectivity index (χ0n) is 11.4. The molecule has 0 aliphatic heterocycles. The average Bonchev–Trinajstić information content (AvgIpc) is 2.90. The normalized spacial score (nSPS) is 11.3. The fraction of sp³-hybridized carbons (Fsp3) is 0.250. The number of nitrogens with zero attached hydrogens (tertiary/aromatic N) is 2. The van der Waals surface area contributed by atoms with Gasteiger partial charge in [-0.25, -0.2) is 17.9 Å². The number of carbonyl (C=O) groups is 1. The first-order valence-electron chi connectivity index (χ1n) is 5.89. The molecule has 0 spiro atoms. The number of hydrogen-bond donors (Lipinski definition) is 1. The molecule has 0 aliphatic carbocycles. The molecule has 112 valence electrons. The summed E-state index contributed by atoms with van der Waals surface area (Å²) in [6.07, 6.45) is 0. The molecule has 0 saturated carbocycles. The molecule has 21 heavy (non-hydrogen) atoms. The number of nitrogens with one attached hydrogen (secondary N) is 1. The molecule has 2 aromatic rings. The van der Waals surface area contributed by atoms with E-state index in [1.165, 1.54) is 31.4 Å². The second-order valence-electron chi connectivity index (χ2n) is 4.08. The molecule has 1 N–H and O–H groups in total. The van der Waals surface area contributed by atoms with E-state index in [0.717, 1.165) is 0 Å². The van der Waals surface area contributed by atoms with Crippen LogP contribution < -0.4 is 4.72 Å². The minimum absolute atomic E-state index is 0.0198. The number of methoxy groups -OCH3 is 1. The van der Waals surface area contributed by atoms with Crippen molar-refractivity contribution in [3.8, 4) is 0 Å². The number of benzene rings is 1. The molecule has 1 aromatic heterocycles. The zero-order chi connectivity index (χ0) is 15.5. The molecule has 0 aliphatic rings. The van der Waals surface area contributed by atoms with E-state index >= 15 is 0 Å². The number of hydrogen-bond acceptors (Lipinski definition) is 7. The van der Waals surface area contributed by atoms with Crippen molar-refractivity contribution in [1.29, 1.82) is 0 Å². The van der Waals surface area contributed by atoms with Crippen molar-refractivity contribution in [2.75, 3.05) is 7.11 Å². The fourth-order valence-corrected chi connectivity index (χ4v) is 2.51. The third-order valence-corrected chi connectivity index (χ3v) is 3.99. The van der Waals surface area contributed by atoms with Gasteiger partial charge in [0.25, 0.3) is 0 Å². The van der Waals surface area contributed by atoms with Crippen molar-refractivity contribution < 1.29 is 22.5 Å². The number of carbonyl (C=O) groups excluding carboxylic acids is 1. The van der Waals surface area contributed by atoms with E-state index in [2.05, 4.69) is 19.6 Å². The lowest BCUT2D eigenvalue weighted by Crippen LogP contribution is -2.23. The Hall–Kier alpha value is -2.26. The molecule has 0 amide bonds. The van der Waals surface area contributed by atoms with Crippen LogP contribution in [0.1, 0.15) is 22.1 Å². The Balaban J connectivity index is 2.10. The molecule has 0 saturated heterocycles. The van der Waals surface area contributed by atoms with Crippen molar-refractivity contribution in [2.45, 2.75) is 18.4 Å². The summed E-state index contributed by atoms with van der Waals surface area (Å²) in [4.78, 5) is 15.2. The second kappa shape index (κ2) is 6.02. The van der Waals surface area contributed by atoms with Gasteiger partial charge in [-0.05, 0) is 31.2 Å². The van der Waals surface area contributed by atoms with Crippen LogP contribution >= 0.6 is 0 Å². The fourth-order valence-electron chi connectivity index (χ4n) is 1.54. The second-order valence-corrected chi connectivity index (χ2v) is 5.84. The van der Waals surface area contributed by atoms with E-state index in [0.29, 0.717) is 5.82 Å². The molecule has 9 heteroatoms. The predicted octanol–water partition coefficient (Wildman–Crippen LogP) is 0.643. The van der Waals surface area contributed by atoms with Crippen LogP contribution in [0.25, 0.3) is 0 Å². The maximum absolute atomic E-state index is 12.0. The van der Waals surface area contributed by atoms with Crippen molar-refractivity contribution in [2.24, 2.45) is 0 Å². The SMILES string of the molecule is COC(=O)c1ccc(S(=O)(=O)NCc2nc(C)no2)cc1. The van der Waals surface area contributed by atoms with E-state index in [4.69, 9.17) is 4.52 Å². The lowest BCUT2D eigenvalue weighted by atomic mass is 10.2. The summed E-state index contributed by atoms with van der Waals surface area (Å²) in [6, 6.07) is 5.37. The molecule has 0 unspecified atom stereocenters. The number of esters is 1. The van der Waals surface area contributed by atoms with Gasteiger partial charge in [0.1, 0.15) is 0 Å². The quantitative estimate of drug-likeness (QED) is 0.806. The highest BCUT2D eigenvalue weighted by atomic mass is 32.2. The molecule has 8 nitrogen and oxygen atoms in total. The van der Waals surface area contributed by atoms with Crippen LogP contribution in [0.15, 0.2) is 33.7 Å². The molecule has 0 bridgehead atoms. The summed E-state index contributed by atoms with van der Waals surface area (Å²) < 4.78 is 35.8. The van der Waals surface area contributed by atoms with E-state index < -0.39 is 16.0 Å². The molecule has 0 fully saturated rings. The number of ether oxygens (including phenoxy) is 1. The largest absolute Gasteiger partial charge is 0.465 e. The van der Waals surface area contributed by atoms with Crippen LogP contribution in [0.4, 0.5) is 0 Å². The van der Waals surface area contributed by atoms with Crippen LogP contribution in [-0.2, 0) is 21.3 Å². The maximum Gasteiger partial charge on any atom is 0.337 e.